The van der Waals surface area contributed by atoms with Crippen molar-refractivity contribution < 1.29 is 9.18 Å². The van der Waals surface area contributed by atoms with E-state index < -0.39 is 0 Å². The summed E-state index contributed by atoms with van der Waals surface area (Å²) in [6.45, 7) is 0.895. The number of aromatic nitrogens is 2. The molecular weight excluding hydrogens is 299 g/mol. The predicted octanol–water partition coefficient (Wildman–Crippen LogP) is 1.47. The maximum Gasteiger partial charge on any atom is 0.252 e. The second kappa shape index (κ2) is 6.20. The Bertz CT molecular complexity index is 790. The van der Waals surface area contributed by atoms with Gasteiger partial charge in [0.25, 0.3) is 5.56 Å². The molecule has 6 nitrogen and oxygen atoms in total. The topological polar surface area (TPSA) is 78.1 Å². The first-order valence-electron chi connectivity index (χ1n) is 7.35. The number of halogens is 1. The van der Waals surface area contributed by atoms with Gasteiger partial charge in [-0.25, -0.2) is 9.37 Å². The number of hydrogen-bond donors (Lipinski definition) is 2. The lowest BCUT2D eigenvalue weighted by atomic mass is 10.0. The Kier molecular flexibility index (Phi) is 4.10. The van der Waals surface area contributed by atoms with Crippen molar-refractivity contribution in [2.45, 2.75) is 18.9 Å². The first-order valence-corrected chi connectivity index (χ1v) is 7.35. The van der Waals surface area contributed by atoms with Gasteiger partial charge in [-0.15, -0.1) is 0 Å². The molecule has 23 heavy (non-hydrogen) atoms. The zero-order chi connectivity index (χ0) is 16.4. The molecule has 0 saturated carbocycles. The average molecular weight is 316 g/mol. The molecule has 1 aliphatic rings. The first-order chi connectivity index (χ1) is 11.0. The summed E-state index contributed by atoms with van der Waals surface area (Å²) < 4.78 is 13.2. The zero-order valence-electron chi connectivity index (χ0n) is 12.7. The van der Waals surface area contributed by atoms with Gasteiger partial charge in [-0.05, 0) is 17.7 Å². The molecule has 0 aliphatic carbocycles. The van der Waals surface area contributed by atoms with E-state index in [0.717, 1.165) is 5.56 Å². The Morgan fingerprint density at radius 1 is 1.39 bits per heavy atom. The van der Waals surface area contributed by atoms with Crippen molar-refractivity contribution in [1.82, 2.24) is 14.9 Å². The molecule has 0 unspecified atom stereocenters. The number of hydrogen-bond acceptors (Lipinski definition) is 4. The molecule has 1 saturated heterocycles. The summed E-state index contributed by atoms with van der Waals surface area (Å²) >= 11 is 0. The van der Waals surface area contributed by atoms with Crippen LogP contribution >= 0.6 is 0 Å². The molecule has 3 rings (SSSR count). The number of amides is 1. The number of benzene rings is 1. The quantitative estimate of drug-likeness (QED) is 0.895. The van der Waals surface area contributed by atoms with Crippen LogP contribution in [0.5, 0.6) is 0 Å². The number of nitrogens with one attached hydrogen (secondary N) is 2. The Morgan fingerprint density at radius 3 is 2.91 bits per heavy atom. The van der Waals surface area contributed by atoms with Crippen LogP contribution in [0.1, 0.15) is 23.6 Å². The lowest BCUT2D eigenvalue weighted by Crippen LogP contribution is -2.20. The molecule has 1 fully saturated rings. The fourth-order valence-corrected chi connectivity index (χ4v) is 2.66. The van der Waals surface area contributed by atoms with Crippen molar-refractivity contribution in [3.05, 3.63) is 57.8 Å². The van der Waals surface area contributed by atoms with Crippen LogP contribution in [0.4, 0.5) is 10.3 Å². The number of aromatic amines is 1. The van der Waals surface area contributed by atoms with Gasteiger partial charge in [-0.2, -0.15) is 0 Å². The summed E-state index contributed by atoms with van der Waals surface area (Å²) in [7, 11) is 1.73. The normalized spacial score (nSPS) is 17.6. The summed E-state index contributed by atoms with van der Waals surface area (Å²) in [6.07, 6.45) is 0.357. The Morgan fingerprint density at radius 2 is 2.22 bits per heavy atom. The number of H-pyrrole nitrogens is 1. The smallest absolute Gasteiger partial charge is 0.252 e. The molecule has 2 heterocycles. The number of carbonyl (C=O) groups excluding carboxylic acids is 1. The monoisotopic (exact) mass is 316 g/mol. The van der Waals surface area contributed by atoms with Crippen molar-refractivity contribution in [1.29, 1.82) is 0 Å². The highest BCUT2D eigenvalue weighted by atomic mass is 19.1. The van der Waals surface area contributed by atoms with E-state index in [4.69, 9.17) is 0 Å². The van der Waals surface area contributed by atoms with Gasteiger partial charge in [0.1, 0.15) is 5.82 Å². The highest BCUT2D eigenvalue weighted by molar-refractivity contribution is 5.79. The second-order valence-electron chi connectivity index (χ2n) is 5.68. The van der Waals surface area contributed by atoms with Gasteiger partial charge in [-0.1, -0.05) is 12.1 Å². The van der Waals surface area contributed by atoms with Crippen molar-refractivity contribution >= 4 is 11.9 Å². The zero-order valence-corrected chi connectivity index (χ0v) is 12.7. The van der Waals surface area contributed by atoms with E-state index >= 15 is 0 Å². The van der Waals surface area contributed by atoms with E-state index in [0.29, 0.717) is 31.2 Å². The molecule has 120 valence electrons. The van der Waals surface area contributed by atoms with E-state index in [-0.39, 0.29) is 23.2 Å². The van der Waals surface area contributed by atoms with E-state index in [1.165, 1.54) is 18.2 Å². The van der Waals surface area contributed by atoms with Gasteiger partial charge in [0.2, 0.25) is 11.9 Å². The van der Waals surface area contributed by atoms with Gasteiger partial charge in [0.05, 0.1) is 5.69 Å². The molecular formula is C16H17FN4O2. The third-order valence-electron chi connectivity index (χ3n) is 3.87. The minimum Gasteiger partial charge on any atom is -0.352 e. The molecule has 1 atom stereocenters. The molecule has 1 amide bonds. The third kappa shape index (κ3) is 3.56. The maximum atomic E-state index is 13.2. The van der Waals surface area contributed by atoms with Crippen LogP contribution in [-0.4, -0.2) is 34.4 Å². The SMILES string of the molecule is CN1C[C@H](c2cc(=O)[nH]c(NCc3cccc(F)c3)n2)CC1=O. The molecule has 0 radical (unpaired) electrons. The largest absolute Gasteiger partial charge is 0.352 e. The number of likely N-dealkylation sites (tertiary alicyclic amines) is 1. The van der Waals surface area contributed by atoms with Crippen LogP contribution in [-0.2, 0) is 11.3 Å². The fourth-order valence-electron chi connectivity index (χ4n) is 2.66. The molecule has 7 heteroatoms. The van der Waals surface area contributed by atoms with Crippen LogP contribution in [0.15, 0.2) is 35.1 Å². The van der Waals surface area contributed by atoms with Crippen LogP contribution in [0.25, 0.3) is 0 Å². The van der Waals surface area contributed by atoms with Crippen molar-refractivity contribution in [3.63, 3.8) is 0 Å². The summed E-state index contributed by atoms with van der Waals surface area (Å²) in [6, 6.07) is 7.61. The number of anilines is 1. The van der Waals surface area contributed by atoms with E-state index in [2.05, 4.69) is 15.3 Å². The number of likely N-dealkylation sites (N-methyl/N-ethyl adjacent to an activating group) is 1. The first kappa shape index (κ1) is 15.2. The molecule has 0 bridgehead atoms. The van der Waals surface area contributed by atoms with Crippen molar-refractivity contribution in [3.8, 4) is 0 Å². The van der Waals surface area contributed by atoms with Crippen LogP contribution < -0.4 is 10.9 Å². The Labute approximate surface area is 132 Å². The minimum absolute atomic E-state index is 0.0475. The van der Waals surface area contributed by atoms with Gasteiger partial charge < -0.3 is 10.2 Å². The number of nitrogens with zero attached hydrogens (tertiary/aromatic N) is 2. The summed E-state index contributed by atoms with van der Waals surface area (Å²) in [4.78, 5) is 32.1. The molecule has 2 N–H and O–H groups in total. The summed E-state index contributed by atoms with van der Waals surface area (Å²) in [5.74, 6) is -0.0263. The predicted molar refractivity (Wildman–Crippen MR) is 83.6 cm³/mol. The van der Waals surface area contributed by atoms with Crippen LogP contribution in [0, 0.1) is 5.82 Å². The van der Waals surface area contributed by atoms with Crippen molar-refractivity contribution in [2.24, 2.45) is 0 Å². The Balaban J connectivity index is 1.75. The van der Waals surface area contributed by atoms with Gasteiger partial charge in [-0.3, -0.25) is 14.6 Å². The number of carbonyl (C=O) groups is 1. The maximum absolute atomic E-state index is 13.2. The lowest BCUT2D eigenvalue weighted by molar-refractivity contribution is -0.126. The molecule has 1 aromatic heterocycles. The fraction of sp³-hybridized carbons (Fsp3) is 0.312. The highest BCUT2D eigenvalue weighted by Crippen LogP contribution is 2.25. The summed E-state index contributed by atoms with van der Waals surface area (Å²) in [5, 5.41) is 2.98. The minimum atomic E-state index is -0.313. The van der Waals surface area contributed by atoms with Crippen LogP contribution in [0.2, 0.25) is 0 Å². The Hall–Kier alpha value is -2.70. The van der Waals surface area contributed by atoms with Gasteiger partial charge >= 0.3 is 0 Å². The standard InChI is InChI=1S/C16H17FN4O2/c1-21-9-11(6-15(21)23)13-7-14(22)20-16(19-13)18-8-10-3-2-4-12(17)5-10/h2-5,7,11H,6,8-9H2,1H3,(H2,18,19,20,22)/t11-/m1/s1. The molecule has 0 spiro atoms. The lowest BCUT2D eigenvalue weighted by Gasteiger charge is -2.11. The number of rotatable bonds is 4. The second-order valence-corrected chi connectivity index (χ2v) is 5.68. The average Bonchev–Trinajstić information content (AvgIpc) is 2.84. The van der Waals surface area contributed by atoms with E-state index in [1.807, 2.05) is 0 Å². The van der Waals surface area contributed by atoms with Gasteiger partial charge in [0, 0.05) is 38.5 Å². The highest BCUT2D eigenvalue weighted by Gasteiger charge is 2.29. The van der Waals surface area contributed by atoms with Gasteiger partial charge in [0.15, 0.2) is 0 Å². The van der Waals surface area contributed by atoms with E-state index in [1.54, 1.807) is 24.1 Å². The van der Waals surface area contributed by atoms with Crippen LogP contribution in [0.3, 0.4) is 0 Å². The van der Waals surface area contributed by atoms with Crippen molar-refractivity contribution in [2.75, 3.05) is 18.9 Å². The molecule has 1 aliphatic heterocycles. The van der Waals surface area contributed by atoms with E-state index in [9.17, 15) is 14.0 Å². The molecule has 1 aromatic carbocycles. The third-order valence-corrected chi connectivity index (χ3v) is 3.87. The summed E-state index contributed by atoms with van der Waals surface area (Å²) in [5.41, 5.74) is 1.06. The molecule has 2 aromatic rings.